The zero-order valence-corrected chi connectivity index (χ0v) is 19.3. The van der Waals surface area contributed by atoms with Crippen molar-refractivity contribution in [1.29, 1.82) is 5.26 Å². The number of rotatable bonds is 8. The molecule has 1 aromatic heterocycles. The van der Waals surface area contributed by atoms with Crippen LogP contribution in [-0.4, -0.2) is 42.2 Å². The Labute approximate surface area is 206 Å². The molecule has 0 radical (unpaired) electrons. The Morgan fingerprint density at radius 2 is 1.89 bits per heavy atom. The van der Waals surface area contributed by atoms with Gasteiger partial charge in [-0.3, -0.25) is 9.59 Å². The van der Waals surface area contributed by atoms with E-state index in [1.54, 1.807) is 25.3 Å². The van der Waals surface area contributed by atoms with E-state index in [1.807, 2.05) is 24.3 Å². The molecule has 1 N–H and O–H groups in total. The normalized spacial score (nSPS) is 14.5. The SMILES string of the molecule is COc1ccc(C2=NN(C(=O)COC(=O)c3ccc(NC(=O)CC#N)cc3)[C@@H](c3ccco3)C2)cc1. The lowest BCUT2D eigenvalue weighted by atomic mass is 10.0. The van der Waals surface area contributed by atoms with Gasteiger partial charge < -0.3 is 19.2 Å². The minimum Gasteiger partial charge on any atom is -0.497 e. The van der Waals surface area contributed by atoms with Gasteiger partial charge in [0.15, 0.2) is 6.61 Å². The Morgan fingerprint density at radius 1 is 1.14 bits per heavy atom. The van der Waals surface area contributed by atoms with E-state index in [1.165, 1.54) is 35.5 Å². The van der Waals surface area contributed by atoms with Crippen molar-refractivity contribution in [2.45, 2.75) is 18.9 Å². The van der Waals surface area contributed by atoms with Gasteiger partial charge in [0.05, 0.1) is 30.7 Å². The van der Waals surface area contributed by atoms with Gasteiger partial charge in [0.2, 0.25) is 5.91 Å². The van der Waals surface area contributed by atoms with Gasteiger partial charge in [-0.1, -0.05) is 0 Å². The summed E-state index contributed by atoms with van der Waals surface area (Å²) >= 11 is 0. The third kappa shape index (κ3) is 5.59. The number of benzene rings is 2. The first-order valence-corrected chi connectivity index (χ1v) is 11.0. The number of ether oxygens (including phenoxy) is 2. The fourth-order valence-electron chi connectivity index (χ4n) is 3.64. The van der Waals surface area contributed by atoms with Crippen LogP contribution in [0.1, 0.15) is 40.6 Å². The Balaban J connectivity index is 1.42. The summed E-state index contributed by atoms with van der Waals surface area (Å²) in [7, 11) is 1.58. The zero-order chi connectivity index (χ0) is 25.5. The van der Waals surface area contributed by atoms with Crippen LogP contribution >= 0.6 is 0 Å². The molecule has 0 unspecified atom stereocenters. The van der Waals surface area contributed by atoms with E-state index in [0.29, 0.717) is 29.3 Å². The Kier molecular flexibility index (Phi) is 7.41. The van der Waals surface area contributed by atoms with E-state index in [9.17, 15) is 14.4 Å². The maximum Gasteiger partial charge on any atom is 0.338 e. The maximum absolute atomic E-state index is 13.0. The van der Waals surface area contributed by atoms with Crippen LogP contribution in [0.5, 0.6) is 5.75 Å². The summed E-state index contributed by atoms with van der Waals surface area (Å²) in [5, 5.41) is 16.9. The van der Waals surface area contributed by atoms with Gasteiger partial charge in [0, 0.05) is 12.1 Å². The van der Waals surface area contributed by atoms with Crippen LogP contribution in [0.4, 0.5) is 5.69 Å². The number of carbonyl (C=O) groups excluding carboxylic acids is 3. The number of hydrogen-bond donors (Lipinski definition) is 1. The third-order valence-electron chi connectivity index (χ3n) is 5.43. The van der Waals surface area contributed by atoms with E-state index in [2.05, 4.69) is 10.4 Å². The largest absolute Gasteiger partial charge is 0.497 e. The highest BCUT2D eigenvalue weighted by atomic mass is 16.5. The number of anilines is 1. The number of amides is 2. The highest BCUT2D eigenvalue weighted by Crippen LogP contribution is 2.33. The molecule has 1 aliphatic rings. The van der Waals surface area contributed by atoms with Gasteiger partial charge in [-0.05, 0) is 66.2 Å². The molecule has 0 fully saturated rings. The minimum absolute atomic E-state index is 0.201. The van der Waals surface area contributed by atoms with E-state index in [-0.39, 0.29) is 12.0 Å². The fraction of sp³-hybridized carbons (Fsp3) is 0.192. The molecular formula is C26H22N4O6. The first-order chi connectivity index (χ1) is 17.5. The van der Waals surface area contributed by atoms with Crippen LogP contribution in [0.25, 0.3) is 0 Å². The number of nitriles is 1. The van der Waals surface area contributed by atoms with Crippen molar-refractivity contribution < 1.29 is 28.3 Å². The van der Waals surface area contributed by atoms with Crippen molar-refractivity contribution in [3.63, 3.8) is 0 Å². The van der Waals surface area contributed by atoms with Crippen LogP contribution in [0, 0.1) is 11.3 Å². The first kappa shape index (κ1) is 24.2. The summed E-state index contributed by atoms with van der Waals surface area (Å²) in [5.41, 5.74) is 2.16. The van der Waals surface area contributed by atoms with Crippen molar-refractivity contribution in [3.8, 4) is 11.8 Å². The van der Waals surface area contributed by atoms with Crippen LogP contribution in [0.3, 0.4) is 0 Å². The highest BCUT2D eigenvalue weighted by molar-refractivity contribution is 6.03. The van der Waals surface area contributed by atoms with E-state index >= 15 is 0 Å². The van der Waals surface area contributed by atoms with Gasteiger partial charge in [0.25, 0.3) is 5.91 Å². The fourth-order valence-corrected chi connectivity index (χ4v) is 3.64. The summed E-state index contributed by atoms with van der Waals surface area (Å²) in [6.07, 6.45) is 1.68. The number of carbonyl (C=O) groups is 3. The molecule has 0 aliphatic carbocycles. The third-order valence-corrected chi connectivity index (χ3v) is 5.43. The van der Waals surface area contributed by atoms with Crippen molar-refractivity contribution >= 4 is 29.2 Å². The second kappa shape index (κ2) is 11.0. The molecule has 3 aromatic rings. The minimum atomic E-state index is -0.702. The smallest absolute Gasteiger partial charge is 0.338 e. The average molecular weight is 486 g/mol. The zero-order valence-electron chi connectivity index (χ0n) is 19.3. The van der Waals surface area contributed by atoms with Gasteiger partial charge in [-0.25, -0.2) is 9.80 Å². The lowest BCUT2D eigenvalue weighted by molar-refractivity contribution is -0.136. The molecule has 0 saturated carbocycles. The standard InChI is InChI=1S/C26H22N4O6/c1-34-20-10-6-17(7-11-20)21-15-22(23-3-2-14-35-23)30(29-21)25(32)16-36-26(33)18-4-8-19(9-5-18)28-24(31)12-13-27/h2-11,14,22H,12,15-16H2,1H3,(H,28,31)/t22-/m1/s1. The molecule has 2 heterocycles. The van der Waals surface area contributed by atoms with Crippen LogP contribution in [0.15, 0.2) is 76.4 Å². The Hall–Kier alpha value is -4.91. The second-order valence-electron chi connectivity index (χ2n) is 7.79. The van der Waals surface area contributed by atoms with Crippen molar-refractivity contribution in [2.75, 3.05) is 19.0 Å². The summed E-state index contributed by atoms with van der Waals surface area (Å²) in [6.45, 7) is -0.518. The molecule has 0 saturated heterocycles. The number of hydrazone groups is 1. The van der Waals surface area contributed by atoms with Gasteiger partial charge in [-0.15, -0.1) is 0 Å². The van der Waals surface area contributed by atoms with Gasteiger partial charge in [-0.2, -0.15) is 10.4 Å². The average Bonchev–Trinajstić information content (AvgIpc) is 3.58. The van der Waals surface area contributed by atoms with E-state index in [0.717, 1.165) is 5.56 Å². The van der Waals surface area contributed by atoms with Crippen LogP contribution in [0.2, 0.25) is 0 Å². The summed E-state index contributed by atoms with van der Waals surface area (Å²) < 4.78 is 15.9. The number of nitrogens with zero attached hydrogens (tertiary/aromatic N) is 3. The molecule has 2 amide bonds. The topological polar surface area (TPSA) is 134 Å². The molecule has 1 aliphatic heterocycles. The number of esters is 1. The molecule has 36 heavy (non-hydrogen) atoms. The molecular weight excluding hydrogens is 464 g/mol. The monoisotopic (exact) mass is 486 g/mol. The van der Waals surface area contributed by atoms with E-state index in [4.69, 9.17) is 19.2 Å². The second-order valence-corrected chi connectivity index (χ2v) is 7.79. The lowest BCUT2D eigenvalue weighted by Crippen LogP contribution is -2.31. The van der Waals surface area contributed by atoms with E-state index < -0.39 is 30.4 Å². The van der Waals surface area contributed by atoms with Crippen molar-refractivity contribution in [3.05, 3.63) is 83.8 Å². The number of hydrogen-bond acceptors (Lipinski definition) is 8. The Morgan fingerprint density at radius 3 is 2.53 bits per heavy atom. The number of methoxy groups -OCH3 is 1. The molecule has 0 bridgehead atoms. The number of nitrogens with one attached hydrogen (secondary N) is 1. The molecule has 1 atom stereocenters. The van der Waals surface area contributed by atoms with Crippen LogP contribution in [-0.2, 0) is 14.3 Å². The van der Waals surface area contributed by atoms with Crippen molar-refractivity contribution in [2.24, 2.45) is 5.10 Å². The maximum atomic E-state index is 13.0. The molecule has 182 valence electrons. The molecule has 10 nitrogen and oxygen atoms in total. The Bertz CT molecular complexity index is 1310. The summed E-state index contributed by atoms with van der Waals surface area (Å²) in [4.78, 5) is 37.0. The molecule has 4 rings (SSSR count). The predicted octanol–water partition coefficient (Wildman–Crippen LogP) is 3.68. The lowest BCUT2D eigenvalue weighted by Gasteiger charge is -2.19. The van der Waals surface area contributed by atoms with Crippen LogP contribution < -0.4 is 10.1 Å². The highest BCUT2D eigenvalue weighted by Gasteiger charge is 2.35. The van der Waals surface area contributed by atoms with Gasteiger partial charge >= 0.3 is 5.97 Å². The summed E-state index contributed by atoms with van der Waals surface area (Å²) in [5.74, 6) is -0.391. The summed E-state index contributed by atoms with van der Waals surface area (Å²) in [6, 6.07) is 18.0. The molecule has 0 spiro atoms. The predicted molar refractivity (Wildman–Crippen MR) is 128 cm³/mol. The van der Waals surface area contributed by atoms with Crippen molar-refractivity contribution in [1.82, 2.24) is 5.01 Å². The molecule has 2 aromatic carbocycles. The first-order valence-electron chi connectivity index (χ1n) is 11.0. The molecule has 10 heteroatoms. The number of furan rings is 1. The quantitative estimate of drug-likeness (QED) is 0.480. The van der Waals surface area contributed by atoms with Gasteiger partial charge in [0.1, 0.15) is 24.0 Å².